The average Bonchev–Trinajstić information content (AvgIpc) is 3.18. The highest BCUT2D eigenvalue weighted by Crippen LogP contribution is 2.11. The summed E-state index contributed by atoms with van der Waals surface area (Å²) >= 11 is 0. The van der Waals surface area contributed by atoms with E-state index in [-0.39, 0.29) is 18.4 Å². The zero-order chi connectivity index (χ0) is 22.6. The molecule has 0 radical (unpaired) electrons. The molecule has 8 nitrogen and oxygen atoms in total. The predicted octanol–water partition coefficient (Wildman–Crippen LogP) is 0.664. The number of nitrogens with zero attached hydrogens (tertiary/aromatic N) is 3. The fourth-order valence-electron chi connectivity index (χ4n) is 3.14. The lowest BCUT2D eigenvalue weighted by molar-refractivity contribution is -0.270. The number of nitrogens with one attached hydrogen (secondary N) is 1. The van der Waals surface area contributed by atoms with Crippen molar-refractivity contribution in [3.05, 3.63) is 0 Å². The van der Waals surface area contributed by atoms with E-state index in [0.717, 1.165) is 43.8 Å². The number of amides is 3. The van der Waals surface area contributed by atoms with Gasteiger partial charge in [-0.3, -0.25) is 14.5 Å². The van der Waals surface area contributed by atoms with Gasteiger partial charge in [-0.2, -0.15) is 0 Å². The number of carboxylic acid groups (broad SMARTS) is 1. The number of hydrogen-bond donors (Lipinski definition) is 1. The second kappa shape index (κ2) is 13.1. The summed E-state index contributed by atoms with van der Waals surface area (Å²) in [6.45, 7) is 8.82. The smallest absolute Gasteiger partial charge is 0.239 e. The molecule has 1 N–H and O–H groups in total. The van der Waals surface area contributed by atoms with E-state index in [4.69, 9.17) is 0 Å². The minimum absolute atomic E-state index is 0.0734. The summed E-state index contributed by atoms with van der Waals surface area (Å²) in [7, 11) is 1.77. The molecule has 0 aromatic carbocycles. The number of rotatable bonds is 10. The van der Waals surface area contributed by atoms with Crippen LogP contribution in [0.5, 0.6) is 0 Å². The molecule has 1 saturated heterocycles. The molecule has 3 amide bonds. The van der Waals surface area contributed by atoms with Gasteiger partial charge >= 0.3 is 0 Å². The maximum absolute atomic E-state index is 12.1. The van der Waals surface area contributed by atoms with E-state index in [1.807, 2.05) is 0 Å². The molecule has 0 aromatic rings. The fourth-order valence-corrected chi connectivity index (χ4v) is 3.14. The minimum Gasteiger partial charge on any atom is -0.530 e. The summed E-state index contributed by atoms with van der Waals surface area (Å²) < 4.78 is 0. The number of hydrogen-bond acceptors (Lipinski definition) is 5. The van der Waals surface area contributed by atoms with Crippen LogP contribution in [0.1, 0.15) is 59.3 Å². The summed E-state index contributed by atoms with van der Waals surface area (Å²) in [6, 6.07) is 0. The average molecular weight is 422 g/mol. The molecule has 30 heavy (non-hydrogen) atoms. The van der Waals surface area contributed by atoms with Crippen LogP contribution < -0.4 is 10.4 Å². The van der Waals surface area contributed by atoms with Crippen LogP contribution in [-0.4, -0.2) is 84.5 Å². The normalized spacial score (nSPS) is 14.0. The monoisotopic (exact) mass is 421 g/mol. The molecule has 0 saturated carbocycles. The second-order valence-corrected chi connectivity index (χ2v) is 8.77. The van der Waals surface area contributed by atoms with Crippen molar-refractivity contribution < 1.29 is 19.5 Å². The molecule has 0 aromatic heterocycles. The maximum atomic E-state index is 12.1. The lowest BCUT2D eigenvalue weighted by Crippen LogP contribution is -2.55. The van der Waals surface area contributed by atoms with Crippen LogP contribution in [0, 0.1) is 11.8 Å². The van der Waals surface area contributed by atoms with Crippen LogP contribution in [0.25, 0.3) is 0 Å². The quantitative estimate of drug-likeness (QED) is 0.413. The van der Waals surface area contributed by atoms with Gasteiger partial charge in [-0.25, -0.2) is 0 Å². The van der Waals surface area contributed by atoms with Gasteiger partial charge in [0.25, 0.3) is 0 Å². The molecule has 170 valence electrons. The fraction of sp³-hybridized carbons (Fsp3) is 0.773. The maximum Gasteiger partial charge on any atom is 0.239 e. The molecular weight excluding hydrogens is 384 g/mol. The van der Waals surface area contributed by atoms with Crippen molar-refractivity contribution in [1.82, 2.24) is 20.0 Å². The molecule has 1 aliphatic heterocycles. The third kappa shape index (κ3) is 10.5. The van der Waals surface area contributed by atoms with E-state index in [1.54, 1.807) is 32.7 Å². The standard InChI is InChI=1S/C22H38N4O4/c1-22(2,3)26(21(29)30)18-19(27)23-13-7-5-6-12-20(28)24(4)14-8-9-15-25-16-10-11-17-25/h5-7,10-18H2,1-4H3,(H,23,27)(H,29,30)/p-1. The Kier molecular flexibility index (Phi) is 11.3. The molecule has 0 atom stereocenters. The summed E-state index contributed by atoms with van der Waals surface area (Å²) in [4.78, 5) is 40.2. The molecule has 0 bridgehead atoms. The largest absolute Gasteiger partial charge is 0.530 e. The van der Waals surface area contributed by atoms with Crippen molar-refractivity contribution in [2.75, 3.05) is 46.3 Å². The Hall–Kier alpha value is -2.27. The number of unbranched alkanes of at least 4 members (excludes halogenated alkanes) is 2. The Bertz CT molecular complexity index is 627. The summed E-state index contributed by atoms with van der Waals surface area (Å²) in [6.07, 6.45) is 3.89. The summed E-state index contributed by atoms with van der Waals surface area (Å²) in [5.41, 5.74) is -0.693. The van der Waals surface area contributed by atoms with Gasteiger partial charge in [0.05, 0.1) is 19.6 Å². The van der Waals surface area contributed by atoms with Crippen molar-refractivity contribution >= 4 is 17.9 Å². The second-order valence-electron chi connectivity index (χ2n) is 8.77. The molecular formula is C22H37N4O4-. The first-order chi connectivity index (χ1) is 14.1. The number of carbonyl (C=O) groups is 3. The van der Waals surface area contributed by atoms with Crippen molar-refractivity contribution in [2.24, 2.45) is 0 Å². The van der Waals surface area contributed by atoms with Crippen molar-refractivity contribution in [3.63, 3.8) is 0 Å². The van der Waals surface area contributed by atoms with Gasteiger partial charge in [-0.05, 0) is 59.5 Å². The Balaban J connectivity index is 2.12. The minimum atomic E-state index is -1.36. The van der Waals surface area contributed by atoms with Crippen LogP contribution in [0.2, 0.25) is 0 Å². The van der Waals surface area contributed by atoms with Gasteiger partial charge in [0.1, 0.15) is 6.09 Å². The summed E-state index contributed by atoms with van der Waals surface area (Å²) in [5, 5.41) is 13.9. The van der Waals surface area contributed by atoms with Gasteiger partial charge in [-0.1, -0.05) is 18.3 Å². The van der Waals surface area contributed by atoms with E-state index < -0.39 is 11.6 Å². The van der Waals surface area contributed by atoms with E-state index in [2.05, 4.69) is 22.1 Å². The predicted molar refractivity (Wildman–Crippen MR) is 114 cm³/mol. The Morgan fingerprint density at radius 1 is 1.07 bits per heavy atom. The molecule has 8 heteroatoms. The SMILES string of the molecule is CN(CC#CCN1CCCC1)C(=O)CCCCCNC(=O)CN(C(=O)[O-])C(C)(C)C. The van der Waals surface area contributed by atoms with Crippen LogP contribution in [0.15, 0.2) is 0 Å². The highest BCUT2D eigenvalue weighted by molar-refractivity contribution is 5.81. The van der Waals surface area contributed by atoms with E-state index in [1.165, 1.54) is 12.8 Å². The van der Waals surface area contributed by atoms with Crippen LogP contribution >= 0.6 is 0 Å². The highest BCUT2D eigenvalue weighted by Gasteiger charge is 2.23. The Morgan fingerprint density at radius 3 is 2.33 bits per heavy atom. The van der Waals surface area contributed by atoms with Crippen molar-refractivity contribution in [2.45, 2.75) is 64.8 Å². The number of carbonyl (C=O) groups excluding carboxylic acids is 3. The third-order valence-electron chi connectivity index (χ3n) is 5.09. The zero-order valence-corrected chi connectivity index (χ0v) is 19.0. The lowest BCUT2D eigenvalue weighted by Gasteiger charge is -2.37. The third-order valence-corrected chi connectivity index (χ3v) is 5.09. The zero-order valence-electron chi connectivity index (χ0n) is 19.0. The first-order valence-corrected chi connectivity index (χ1v) is 10.8. The lowest BCUT2D eigenvalue weighted by atomic mass is 10.1. The first-order valence-electron chi connectivity index (χ1n) is 10.8. The molecule has 1 rings (SSSR count). The first kappa shape index (κ1) is 25.8. The topological polar surface area (TPSA) is 96.0 Å². The van der Waals surface area contributed by atoms with E-state index >= 15 is 0 Å². The molecule has 1 aliphatic rings. The van der Waals surface area contributed by atoms with Gasteiger partial charge in [0.2, 0.25) is 11.8 Å². The van der Waals surface area contributed by atoms with Crippen LogP contribution in [0.3, 0.4) is 0 Å². The highest BCUT2D eigenvalue weighted by atomic mass is 16.4. The van der Waals surface area contributed by atoms with Crippen molar-refractivity contribution in [3.8, 4) is 11.8 Å². The van der Waals surface area contributed by atoms with Gasteiger partial charge in [-0.15, -0.1) is 0 Å². The Labute approximate surface area is 181 Å². The molecule has 1 fully saturated rings. The van der Waals surface area contributed by atoms with Crippen molar-refractivity contribution in [1.29, 1.82) is 0 Å². The van der Waals surface area contributed by atoms with Crippen LogP contribution in [-0.2, 0) is 9.59 Å². The summed E-state index contributed by atoms with van der Waals surface area (Å²) in [5.74, 6) is 5.92. The molecule has 0 spiro atoms. The van der Waals surface area contributed by atoms with E-state index in [0.29, 0.717) is 19.5 Å². The van der Waals surface area contributed by atoms with Crippen LogP contribution in [0.4, 0.5) is 4.79 Å². The molecule has 0 aliphatic carbocycles. The number of likely N-dealkylation sites (tertiary alicyclic amines) is 1. The Morgan fingerprint density at radius 2 is 1.73 bits per heavy atom. The van der Waals surface area contributed by atoms with Gasteiger partial charge in [0, 0.05) is 25.6 Å². The molecule has 0 unspecified atom stereocenters. The van der Waals surface area contributed by atoms with Gasteiger partial charge < -0.3 is 25.0 Å². The molecule has 1 heterocycles. The van der Waals surface area contributed by atoms with E-state index in [9.17, 15) is 19.5 Å². The van der Waals surface area contributed by atoms with Gasteiger partial charge in [0.15, 0.2) is 0 Å².